The second kappa shape index (κ2) is 4.70. The van der Waals surface area contributed by atoms with Crippen molar-refractivity contribution >= 4 is 45.6 Å². The first kappa shape index (κ1) is 13.0. The fourth-order valence-electron chi connectivity index (χ4n) is 1.44. The van der Waals surface area contributed by atoms with E-state index in [0.29, 0.717) is 5.69 Å². The zero-order chi connectivity index (χ0) is 13.3. The van der Waals surface area contributed by atoms with Gasteiger partial charge >= 0.3 is 6.09 Å². The van der Waals surface area contributed by atoms with Crippen molar-refractivity contribution in [2.24, 2.45) is 0 Å². The van der Waals surface area contributed by atoms with Gasteiger partial charge in [-0.2, -0.15) is 0 Å². The molecule has 0 atom stereocenters. The van der Waals surface area contributed by atoms with E-state index >= 15 is 0 Å². The Morgan fingerprint density at radius 2 is 2.17 bits per heavy atom. The molecule has 0 saturated carbocycles. The molecule has 0 aliphatic rings. The lowest BCUT2D eigenvalue weighted by atomic mass is 10.2. The Hall–Kier alpha value is -1.40. The van der Waals surface area contributed by atoms with E-state index in [4.69, 9.17) is 17.0 Å². The van der Waals surface area contributed by atoms with Crippen molar-refractivity contribution in [1.82, 2.24) is 4.98 Å². The Labute approximate surface area is 114 Å². The standard InChI is InChI=1S/C12H14N2O2S2/c1-12(2,3)16-10(15)13-7-4-5-8-9(6-7)18-11(17)14-8/h4-6H,1-3H3,(H,13,15)(H,14,17). The number of hydrogen-bond donors (Lipinski definition) is 2. The quantitative estimate of drug-likeness (QED) is 0.766. The molecule has 0 aliphatic carbocycles. The minimum atomic E-state index is -0.501. The molecule has 4 nitrogen and oxygen atoms in total. The van der Waals surface area contributed by atoms with Gasteiger partial charge in [-0.05, 0) is 51.2 Å². The summed E-state index contributed by atoms with van der Waals surface area (Å²) in [5, 5.41) is 2.70. The third-order valence-corrected chi connectivity index (χ3v) is 3.26. The Balaban J connectivity index is 2.17. The zero-order valence-corrected chi connectivity index (χ0v) is 12.0. The fraction of sp³-hybridized carbons (Fsp3) is 0.333. The summed E-state index contributed by atoms with van der Waals surface area (Å²) in [6.45, 7) is 5.48. The first-order chi connectivity index (χ1) is 8.33. The van der Waals surface area contributed by atoms with E-state index in [2.05, 4.69) is 10.3 Å². The number of fused-ring (bicyclic) bond motifs is 1. The number of benzene rings is 1. The summed E-state index contributed by atoms with van der Waals surface area (Å²) in [7, 11) is 0. The van der Waals surface area contributed by atoms with Gasteiger partial charge < -0.3 is 9.72 Å². The van der Waals surface area contributed by atoms with Gasteiger partial charge in [0.25, 0.3) is 0 Å². The van der Waals surface area contributed by atoms with Crippen LogP contribution in [-0.4, -0.2) is 16.7 Å². The Morgan fingerprint density at radius 3 is 2.83 bits per heavy atom. The van der Waals surface area contributed by atoms with Gasteiger partial charge in [0.05, 0.1) is 10.2 Å². The lowest BCUT2D eigenvalue weighted by Gasteiger charge is -2.19. The number of rotatable bonds is 1. The van der Waals surface area contributed by atoms with Gasteiger partial charge in [-0.3, -0.25) is 5.32 Å². The molecule has 0 aliphatic heterocycles. The SMILES string of the molecule is CC(C)(C)OC(=O)Nc1ccc2[nH]c(=S)sc2c1. The third-order valence-electron chi connectivity index (χ3n) is 2.07. The number of nitrogens with one attached hydrogen (secondary N) is 2. The van der Waals surface area contributed by atoms with Crippen LogP contribution in [0.25, 0.3) is 10.2 Å². The Morgan fingerprint density at radius 1 is 1.44 bits per heavy atom. The van der Waals surface area contributed by atoms with E-state index in [9.17, 15) is 4.79 Å². The van der Waals surface area contributed by atoms with E-state index in [0.717, 1.165) is 14.2 Å². The van der Waals surface area contributed by atoms with E-state index in [1.165, 1.54) is 11.3 Å². The van der Waals surface area contributed by atoms with Crippen molar-refractivity contribution in [3.8, 4) is 0 Å². The van der Waals surface area contributed by atoms with Crippen LogP contribution in [-0.2, 0) is 4.74 Å². The van der Waals surface area contributed by atoms with Crippen LogP contribution in [0.15, 0.2) is 18.2 Å². The maximum Gasteiger partial charge on any atom is 0.412 e. The van der Waals surface area contributed by atoms with Crippen molar-refractivity contribution in [3.05, 3.63) is 22.2 Å². The summed E-state index contributed by atoms with van der Waals surface area (Å²) in [4.78, 5) is 14.7. The van der Waals surface area contributed by atoms with Gasteiger partial charge in [-0.25, -0.2) is 4.79 Å². The molecule has 0 unspecified atom stereocenters. The molecule has 6 heteroatoms. The molecule has 96 valence electrons. The first-order valence-electron chi connectivity index (χ1n) is 5.46. The second-order valence-corrected chi connectivity index (χ2v) is 6.57. The lowest BCUT2D eigenvalue weighted by Crippen LogP contribution is -2.27. The van der Waals surface area contributed by atoms with Crippen molar-refractivity contribution in [2.75, 3.05) is 5.32 Å². The highest BCUT2D eigenvalue weighted by atomic mass is 32.1. The molecule has 0 saturated heterocycles. The number of anilines is 1. The Kier molecular flexibility index (Phi) is 3.41. The third kappa shape index (κ3) is 3.30. The number of aromatic nitrogens is 1. The van der Waals surface area contributed by atoms with Crippen LogP contribution < -0.4 is 5.32 Å². The number of thiazole rings is 1. The van der Waals surface area contributed by atoms with Crippen LogP contribution in [0.2, 0.25) is 0 Å². The summed E-state index contributed by atoms with van der Waals surface area (Å²) >= 11 is 6.54. The second-order valence-electron chi connectivity index (χ2n) is 4.85. The normalized spacial score (nSPS) is 11.5. The smallest absolute Gasteiger partial charge is 0.412 e. The van der Waals surface area contributed by atoms with E-state index in [1.54, 1.807) is 0 Å². The van der Waals surface area contributed by atoms with Gasteiger partial charge in [0, 0.05) is 5.69 Å². The molecule has 0 radical (unpaired) electrons. The van der Waals surface area contributed by atoms with Crippen molar-refractivity contribution in [3.63, 3.8) is 0 Å². The Bertz CT molecular complexity index is 637. The van der Waals surface area contributed by atoms with Crippen LogP contribution in [0.1, 0.15) is 20.8 Å². The average molecular weight is 282 g/mol. The average Bonchev–Trinajstić information content (AvgIpc) is 2.53. The molecule has 18 heavy (non-hydrogen) atoms. The lowest BCUT2D eigenvalue weighted by molar-refractivity contribution is 0.0636. The van der Waals surface area contributed by atoms with Crippen LogP contribution >= 0.6 is 23.6 Å². The molecule has 2 N–H and O–H groups in total. The highest BCUT2D eigenvalue weighted by Gasteiger charge is 2.16. The van der Waals surface area contributed by atoms with Crippen LogP contribution in [0.5, 0.6) is 0 Å². The number of hydrogen-bond acceptors (Lipinski definition) is 4. The molecule has 0 spiro atoms. The van der Waals surface area contributed by atoms with Gasteiger partial charge in [-0.15, -0.1) is 11.3 Å². The monoisotopic (exact) mass is 282 g/mol. The van der Waals surface area contributed by atoms with Crippen LogP contribution in [0.4, 0.5) is 10.5 Å². The summed E-state index contributed by atoms with van der Waals surface area (Å²) < 4.78 is 6.91. The fourth-order valence-corrected chi connectivity index (χ4v) is 2.60. The van der Waals surface area contributed by atoms with Crippen molar-refractivity contribution in [2.45, 2.75) is 26.4 Å². The maximum atomic E-state index is 11.6. The predicted octanol–water partition coefficient (Wildman–Crippen LogP) is 4.31. The number of carbonyl (C=O) groups is 1. The predicted molar refractivity (Wildman–Crippen MR) is 76.9 cm³/mol. The molecule has 2 rings (SSSR count). The van der Waals surface area contributed by atoms with Gasteiger partial charge in [0.1, 0.15) is 5.60 Å². The molecule has 1 aromatic carbocycles. The number of aromatic amines is 1. The summed E-state index contributed by atoms with van der Waals surface area (Å²) in [6.07, 6.45) is -0.457. The largest absolute Gasteiger partial charge is 0.444 e. The van der Waals surface area contributed by atoms with Gasteiger partial charge in [0.2, 0.25) is 0 Å². The summed E-state index contributed by atoms with van der Waals surface area (Å²) in [5.74, 6) is 0. The van der Waals surface area contributed by atoms with E-state index in [-0.39, 0.29) is 0 Å². The molecule has 1 aromatic heterocycles. The minimum Gasteiger partial charge on any atom is -0.444 e. The molecular formula is C12H14N2O2S2. The zero-order valence-electron chi connectivity index (χ0n) is 10.4. The first-order valence-corrected chi connectivity index (χ1v) is 6.69. The van der Waals surface area contributed by atoms with Gasteiger partial charge in [0.15, 0.2) is 3.95 Å². The molecule has 1 amide bonds. The molecule has 0 bridgehead atoms. The topological polar surface area (TPSA) is 54.1 Å². The summed E-state index contributed by atoms with van der Waals surface area (Å²) in [6, 6.07) is 5.56. The number of ether oxygens (including phenoxy) is 1. The van der Waals surface area contributed by atoms with E-state index < -0.39 is 11.7 Å². The van der Waals surface area contributed by atoms with Crippen LogP contribution in [0, 0.1) is 3.95 Å². The number of carbonyl (C=O) groups excluding carboxylic acids is 1. The maximum absolute atomic E-state index is 11.6. The molecule has 0 fully saturated rings. The van der Waals surface area contributed by atoms with Crippen LogP contribution in [0.3, 0.4) is 0 Å². The number of H-pyrrole nitrogens is 1. The van der Waals surface area contributed by atoms with E-state index in [1.807, 2.05) is 39.0 Å². The van der Waals surface area contributed by atoms with Gasteiger partial charge in [-0.1, -0.05) is 0 Å². The molecule has 1 heterocycles. The number of amides is 1. The highest BCUT2D eigenvalue weighted by molar-refractivity contribution is 7.73. The van der Waals surface area contributed by atoms with Crippen molar-refractivity contribution in [1.29, 1.82) is 0 Å². The summed E-state index contributed by atoms with van der Waals surface area (Å²) in [5.41, 5.74) is 1.17. The van der Waals surface area contributed by atoms with Crippen molar-refractivity contribution < 1.29 is 9.53 Å². The minimum absolute atomic E-state index is 0.457. The molecular weight excluding hydrogens is 268 g/mol. The molecule has 2 aromatic rings. The highest BCUT2D eigenvalue weighted by Crippen LogP contribution is 2.23.